The van der Waals surface area contributed by atoms with Crippen LogP contribution in [0.2, 0.25) is 0 Å². The highest BCUT2D eigenvalue weighted by molar-refractivity contribution is 5.72. The molecule has 0 amide bonds. The molecule has 0 aliphatic heterocycles. The predicted octanol–water partition coefficient (Wildman–Crippen LogP) is 6.34. The van der Waals surface area contributed by atoms with Crippen LogP contribution in [-0.4, -0.2) is 131 Å². The van der Waals surface area contributed by atoms with E-state index in [2.05, 4.69) is 13.8 Å². The Balaban J connectivity index is 3.19. The number of ether oxygens (including phenoxy) is 10. The predicted molar refractivity (Wildman–Crippen MR) is 194 cm³/mol. The molecule has 298 valence electrons. The molecule has 12 nitrogen and oxygen atoms in total. The normalized spacial score (nSPS) is 12.0. The van der Waals surface area contributed by atoms with Crippen LogP contribution < -0.4 is 0 Å². The molecule has 0 aromatic heterocycles. The quantitative estimate of drug-likeness (QED) is 0.0515. The van der Waals surface area contributed by atoms with Crippen LogP contribution in [0.3, 0.4) is 0 Å². The largest absolute Gasteiger partial charge is 0.463 e. The lowest BCUT2D eigenvalue weighted by Gasteiger charge is -2.13. The van der Waals surface area contributed by atoms with E-state index >= 15 is 0 Å². The molecule has 0 fully saturated rings. The number of esters is 2. The molecule has 0 rings (SSSR count). The summed E-state index contributed by atoms with van der Waals surface area (Å²) in [5.41, 5.74) is 0. The Bertz CT molecular complexity index is 697. The number of carbonyl (C=O) groups excluding carboxylic acids is 2. The van der Waals surface area contributed by atoms with Gasteiger partial charge in [-0.2, -0.15) is 0 Å². The van der Waals surface area contributed by atoms with E-state index in [9.17, 15) is 9.59 Å². The zero-order valence-corrected chi connectivity index (χ0v) is 32.1. The molecule has 0 N–H and O–H groups in total. The second-order valence-electron chi connectivity index (χ2n) is 12.1. The number of carbonyl (C=O) groups is 2. The van der Waals surface area contributed by atoms with Crippen molar-refractivity contribution in [3.8, 4) is 0 Å². The third-order valence-corrected chi connectivity index (χ3v) is 7.78. The van der Waals surface area contributed by atoms with Crippen molar-refractivity contribution in [1.29, 1.82) is 0 Å². The van der Waals surface area contributed by atoms with Crippen molar-refractivity contribution in [2.45, 2.75) is 111 Å². The van der Waals surface area contributed by atoms with Crippen molar-refractivity contribution >= 4 is 11.9 Å². The molecular formula is C38H74O12. The maximum Gasteiger partial charge on any atom is 0.308 e. The van der Waals surface area contributed by atoms with E-state index in [0.29, 0.717) is 112 Å². The van der Waals surface area contributed by atoms with Gasteiger partial charge in [-0.1, -0.05) is 85.0 Å². The van der Waals surface area contributed by atoms with Crippen molar-refractivity contribution in [3.05, 3.63) is 0 Å². The van der Waals surface area contributed by atoms with Gasteiger partial charge in [0, 0.05) is 6.42 Å². The first-order chi connectivity index (χ1) is 24.7. The maximum atomic E-state index is 12.0. The Labute approximate surface area is 304 Å². The molecule has 1 atom stereocenters. The second kappa shape index (κ2) is 42.0. The third-order valence-electron chi connectivity index (χ3n) is 7.78. The molecule has 0 aromatic carbocycles. The molecule has 50 heavy (non-hydrogen) atoms. The fourth-order valence-corrected chi connectivity index (χ4v) is 4.77. The van der Waals surface area contributed by atoms with E-state index in [1.54, 1.807) is 0 Å². The van der Waals surface area contributed by atoms with Crippen LogP contribution in [0.25, 0.3) is 0 Å². The van der Waals surface area contributed by atoms with E-state index in [4.69, 9.17) is 47.4 Å². The van der Waals surface area contributed by atoms with Gasteiger partial charge in [-0.25, -0.2) is 0 Å². The average molecular weight is 723 g/mol. The smallest absolute Gasteiger partial charge is 0.308 e. The first-order valence-electron chi connectivity index (χ1n) is 19.6. The van der Waals surface area contributed by atoms with Gasteiger partial charge in [0.15, 0.2) is 0 Å². The Morgan fingerprint density at radius 2 is 0.700 bits per heavy atom. The number of rotatable bonds is 42. The van der Waals surface area contributed by atoms with Crippen molar-refractivity contribution < 1.29 is 57.0 Å². The van der Waals surface area contributed by atoms with Gasteiger partial charge in [-0.15, -0.1) is 0 Å². The lowest BCUT2D eigenvalue weighted by atomic mass is 10.00. The highest BCUT2D eigenvalue weighted by Crippen LogP contribution is 2.14. The molecule has 0 saturated heterocycles. The molecule has 0 spiro atoms. The van der Waals surface area contributed by atoms with Crippen molar-refractivity contribution in [1.82, 2.24) is 0 Å². The summed E-state index contributed by atoms with van der Waals surface area (Å²) < 4.78 is 54.3. The molecule has 0 radical (unpaired) electrons. The fourth-order valence-electron chi connectivity index (χ4n) is 4.77. The topological polar surface area (TPSA) is 126 Å². The van der Waals surface area contributed by atoms with Gasteiger partial charge in [-0.3, -0.25) is 9.59 Å². The Morgan fingerprint density at radius 1 is 0.380 bits per heavy atom. The molecule has 1 unspecified atom stereocenters. The lowest BCUT2D eigenvalue weighted by molar-refractivity contribution is -0.150. The van der Waals surface area contributed by atoms with Gasteiger partial charge >= 0.3 is 11.9 Å². The summed E-state index contributed by atoms with van der Waals surface area (Å²) in [6.07, 6.45) is 15.4. The highest BCUT2D eigenvalue weighted by atomic mass is 16.6. The van der Waals surface area contributed by atoms with Gasteiger partial charge in [-0.05, 0) is 19.3 Å². The standard InChI is InChI=1S/C38H74O12/c1-4-7-9-10-11-12-13-14-15-17-37(39)49-34-32-47-30-28-45-26-24-43-22-20-41-18-19-42-21-23-44-25-27-46-29-31-48-33-35-50-38(40)36(6-3)16-8-5-2/h36H,4-35H2,1-3H3. The van der Waals surface area contributed by atoms with Gasteiger partial charge in [0.05, 0.1) is 112 Å². The molecular weight excluding hydrogens is 648 g/mol. The molecule has 12 heteroatoms. The molecule has 0 aromatic rings. The molecule has 0 bridgehead atoms. The summed E-state index contributed by atoms with van der Waals surface area (Å²) in [5, 5.41) is 0. The summed E-state index contributed by atoms with van der Waals surface area (Å²) in [6, 6.07) is 0. The van der Waals surface area contributed by atoms with Crippen LogP contribution in [0.15, 0.2) is 0 Å². The summed E-state index contributed by atoms with van der Waals surface area (Å²) in [4.78, 5) is 23.8. The Morgan fingerprint density at radius 3 is 1.06 bits per heavy atom. The highest BCUT2D eigenvalue weighted by Gasteiger charge is 2.17. The number of hydrogen-bond acceptors (Lipinski definition) is 12. The monoisotopic (exact) mass is 723 g/mol. The summed E-state index contributed by atoms with van der Waals surface area (Å²) in [7, 11) is 0. The molecule has 0 saturated carbocycles. The zero-order valence-electron chi connectivity index (χ0n) is 32.1. The summed E-state index contributed by atoms with van der Waals surface area (Å²) >= 11 is 0. The van der Waals surface area contributed by atoms with Crippen molar-refractivity contribution in [2.24, 2.45) is 5.92 Å². The van der Waals surface area contributed by atoms with Gasteiger partial charge in [0.25, 0.3) is 0 Å². The van der Waals surface area contributed by atoms with Gasteiger partial charge < -0.3 is 47.4 Å². The van der Waals surface area contributed by atoms with Crippen LogP contribution in [0.1, 0.15) is 111 Å². The number of unbranched alkanes of at least 4 members (excludes halogenated alkanes) is 9. The minimum atomic E-state index is -0.138. The first kappa shape index (κ1) is 48.6. The molecule has 0 aliphatic rings. The average Bonchev–Trinajstić information content (AvgIpc) is 3.12. The van der Waals surface area contributed by atoms with Crippen LogP contribution in [0.5, 0.6) is 0 Å². The first-order valence-corrected chi connectivity index (χ1v) is 19.6. The van der Waals surface area contributed by atoms with Crippen LogP contribution in [0, 0.1) is 5.92 Å². The molecule has 0 heterocycles. The fraction of sp³-hybridized carbons (Fsp3) is 0.947. The number of hydrogen-bond donors (Lipinski definition) is 0. The van der Waals surface area contributed by atoms with Crippen LogP contribution in [-0.2, 0) is 57.0 Å². The second-order valence-corrected chi connectivity index (χ2v) is 12.1. The van der Waals surface area contributed by atoms with Crippen molar-refractivity contribution in [3.63, 3.8) is 0 Å². The Hall–Kier alpha value is -1.38. The van der Waals surface area contributed by atoms with E-state index < -0.39 is 0 Å². The zero-order chi connectivity index (χ0) is 36.4. The van der Waals surface area contributed by atoms with Crippen LogP contribution in [0.4, 0.5) is 0 Å². The van der Waals surface area contributed by atoms with Gasteiger partial charge in [0.2, 0.25) is 0 Å². The van der Waals surface area contributed by atoms with Crippen molar-refractivity contribution in [2.75, 3.05) is 119 Å². The minimum Gasteiger partial charge on any atom is -0.463 e. The minimum absolute atomic E-state index is 0.00492. The SMILES string of the molecule is CCCCCCCCCCCC(=O)OCCOCCOCCOCCOCCOCCOCCOCCOCCOC(=O)C(CC)CCCC. The van der Waals surface area contributed by atoms with E-state index in [-0.39, 0.29) is 31.1 Å². The summed E-state index contributed by atoms with van der Waals surface area (Å²) in [6.45, 7) is 14.4. The van der Waals surface area contributed by atoms with Gasteiger partial charge in [0.1, 0.15) is 13.2 Å². The van der Waals surface area contributed by atoms with Crippen LogP contribution >= 0.6 is 0 Å². The Kier molecular flexibility index (Phi) is 40.9. The van der Waals surface area contributed by atoms with E-state index in [1.807, 2.05) is 6.92 Å². The van der Waals surface area contributed by atoms with E-state index in [0.717, 1.165) is 38.5 Å². The molecule has 0 aliphatic carbocycles. The van der Waals surface area contributed by atoms with E-state index in [1.165, 1.54) is 44.9 Å². The lowest BCUT2D eigenvalue weighted by Crippen LogP contribution is -2.20. The summed E-state index contributed by atoms with van der Waals surface area (Å²) in [5.74, 6) is -0.264. The third kappa shape index (κ3) is 37.9. The maximum absolute atomic E-state index is 12.0.